The molecule has 3 aromatic rings. The number of rotatable bonds is 7. The van der Waals surface area contributed by atoms with Crippen LogP contribution in [0.25, 0.3) is 0 Å². The van der Waals surface area contributed by atoms with Crippen LogP contribution in [0.3, 0.4) is 0 Å². The lowest BCUT2D eigenvalue weighted by Crippen LogP contribution is -2.06. The third kappa shape index (κ3) is 4.20. The van der Waals surface area contributed by atoms with Crippen molar-refractivity contribution in [2.24, 2.45) is 7.05 Å². The van der Waals surface area contributed by atoms with Crippen molar-refractivity contribution < 1.29 is 14.1 Å². The summed E-state index contributed by atoms with van der Waals surface area (Å²) < 4.78 is 20.0. The predicted octanol–water partition coefficient (Wildman–Crippen LogP) is 3.83. The van der Waals surface area contributed by atoms with Gasteiger partial charge in [0.05, 0.1) is 4.92 Å². The Bertz CT molecular complexity index is 956. The minimum absolute atomic E-state index is 0.0168. The average molecular weight is 371 g/mol. The van der Waals surface area contributed by atoms with Crippen LogP contribution in [0.2, 0.25) is 0 Å². The van der Waals surface area contributed by atoms with E-state index < -0.39 is 4.92 Å². The van der Waals surface area contributed by atoms with E-state index in [1.807, 2.05) is 6.92 Å². The van der Waals surface area contributed by atoms with Crippen molar-refractivity contribution in [2.75, 3.05) is 5.32 Å². The van der Waals surface area contributed by atoms with Crippen LogP contribution < -0.4 is 10.1 Å². The van der Waals surface area contributed by atoms with E-state index in [-0.39, 0.29) is 11.5 Å². The molecule has 2 aromatic heterocycles. The fraction of sp³-hybridized carbons (Fsp3) is 0.222. The molecule has 0 saturated heterocycles. The number of pyridine rings is 1. The third-order valence-corrected chi connectivity index (χ3v) is 3.90. The zero-order valence-electron chi connectivity index (χ0n) is 14.8. The minimum Gasteiger partial charge on any atom is -0.439 e. The zero-order chi connectivity index (χ0) is 19.4. The zero-order valence-corrected chi connectivity index (χ0v) is 14.8. The van der Waals surface area contributed by atoms with E-state index in [2.05, 4.69) is 15.4 Å². The molecule has 0 amide bonds. The van der Waals surface area contributed by atoms with Crippen molar-refractivity contribution in [3.05, 3.63) is 69.8 Å². The van der Waals surface area contributed by atoms with Gasteiger partial charge in [-0.15, -0.1) is 0 Å². The number of hydrogen-bond donors (Lipinski definition) is 1. The van der Waals surface area contributed by atoms with Crippen LogP contribution in [0.5, 0.6) is 11.6 Å². The van der Waals surface area contributed by atoms with Gasteiger partial charge in [-0.25, -0.2) is 14.1 Å². The summed E-state index contributed by atoms with van der Waals surface area (Å²) in [5.41, 5.74) is 1.23. The molecule has 2 heterocycles. The molecule has 0 aliphatic heterocycles. The molecule has 1 N–H and O–H groups in total. The van der Waals surface area contributed by atoms with Crippen molar-refractivity contribution in [3.63, 3.8) is 0 Å². The summed E-state index contributed by atoms with van der Waals surface area (Å²) >= 11 is 0. The molecule has 0 atom stereocenters. The molecule has 27 heavy (non-hydrogen) atoms. The van der Waals surface area contributed by atoms with E-state index in [0.29, 0.717) is 36.1 Å². The number of halogens is 1. The fourth-order valence-electron chi connectivity index (χ4n) is 2.62. The van der Waals surface area contributed by atoms with Crippen LogP contribution in [-0.2, 0) is 20.0 Å². The van der Waals surface area contributed by atoms with Crippen LogP contribution in [-0.4, -0.2) is 19.7 Å². The summed E-state index contributed by atoms with van der Waals surface area (Å²) in [5.74, 6) is 0.797. The largest absolute Gasteiger partial charge is 0.439 e. The van der Waals surface area contributed by atoms with Gasteiger partial charge in [-0.1, -0.05) is 6.92 Å². The maximum absolute atomic E-state index is 13.0. The van der Waals surface area contributed by atoms with Gasteiger partial charge >= 0.3 is 5.69 Å². The van der Waals surface area contributed by atoms with Crippen LogP contribution in [0.4, 0.5) is 15.9 Å². The van der Waals surface area contributed by atoms with Crippen molar-refractivity contribution in [1.29, 1.82) is 0 Å². The quantitative estimate of drug-likeness (QED) is 0.501. The highest BCUT2D eigenvalue weighted by Gasteiger charge is 2.25. The number of hydrogen-bond acceptors (Lipinski definition) is 6. The van der Waals surface area contributed by atoms with E-state index in [9.17, 15) is 14.5 Å². The maximum Gasteiger partial charge on any atom is 0.333 e. The monoisotopic (exact) mass is 371 g/mol. The Labute approximate surface area is 154 Å². The molecule has 0 radical (unpaired) electrons. The molecule has 8 nitrogen and oxygen atoms in total. The Hall–Kier alpha value is -3.49. The molecule has 0 fully saturated rings. The lowest BCUT2D eigenvalue weighted by molar-refractivity contribution is -0.384. The molecular formula is C18H18FN5O3. The number of nitrogens with zero attached hydrogens (tertiary/aromatic N) is 4. The van der Waals surface area contributed by atoms with E-state index >= 15 is 0 Å². The average Bonchev–Trinajstić information content (AvgIpc) is 2.98. The summed E-state index contributed by atoms with van der Waals surface area (Å²) in [5, 5.41) is 18.6. The summed E-state index contributed by atoms with van der Waals surface area (Å²) in [7, 11) is 1.66. The van der Waals surface area contributed by atoms with Crippen molar-refractivity contribution in [1.82, 2.24) is 14.8 Å². The number of ether oxygens (including phenoxy) is 1. The van der Waals surface area contributed by atoms with Crippen LogP contribution >= 0.6 is 0 Å². The number of aromatic nitrogens is 3. The Morgan fingerprint density at radius 2 is 2.04 bits per heavy atom. The summed E-state index contributed by atoms with van der Waals surface area (Å²) in [6.07, 6.45) is 2.04. The lowest BCUT2D eigenvalue weighted by atomic mass is 10.2. The second kappa shape index (κ2) is 7.81. The van der Waals surface area contributed by atoms with Crippen LogP contribution in [0, 0.1) is 15.9 Å². The highest BCUT2D eigenvalue weighted by Crippen LogP contribution is 2.29. The van der Waals surface area contributed by atoms with Gasteiger partial charge in [0.15, 0.2) is 0 Å². The molecule has 0 bridgehead atoms. The van der Waals surface area contributed by atoms with Gasteiger partial charge in [-0.05, 0) is 42.3 Å². The second-order valence-electron chi connectivity index (χ2n) is 5.79. The molecule has 0 aliphatic rings. The molecule has 3 rings (SSSR count). The Kier molecular flexibility index (Phi) is 5.30. The number of aryl methyl sites for hydroxylation is 2. The highest BCUT2D eigenvalue weighted by molar-refractivity contribution is 5.60. The van der Waals surface area contributed by atoms with Crippen molar-refractivity contribution in [3.8, 4) is 11.6 Å². The van der Waals surface area contributed by atoms with Gasteiger partial charge in [0.1, 0.15) is 17.3 Å². The second-order valence-corrected chi connectivity index (χ2v) is 5.79. The van der Waals surface area contributed by atoms with Gasteiger partial charge in [-0.2, -0.15) is 5.10 Å². The molecule has 1 aromatic carbocycles. The van der Waals surface area contributed by atoms with Gasteiger partial charge in [-0.3, -0.25) is 10.1 Å². The molecule has 9 heteroatoms. The molecule has 0 saturated carbocycles. The molecular weight excluding hydrogens is 353 g/mol. The maximum atomic E-state index is 13.0. The summed E-state index contributed by atoms with van der Waals surface area (Å²) in [6, 6.07) is 9.09. The first-order valence-electron chi connectivity index (χ1n) is 8.30. The topological polar surface area (TPSA) is 95.1 Å². The smallest absolute Gasteiger partial charge is 0.333 e. The standard InChI is InChI=1S/C18H18FN5O3/c1-3-15-17(24(25)26)18(23(2)22-15)21-11-12-8-9-20-16(10-12)27-14-6-4-13(19)5-7-14/h4-10,21H,3,11H2,1-2H3. The van der Waals surface area contributed by atoms with E-state index in [1.54, 1.807) is 25.4 Å². The number of nitrogens with one attached hydrogen (secondary N) is 1. The SMILES string of the molecule is CCc1nn(C)c(NCc2ccnc(Oc3ccc(F)cc3)c2)c1[N+](=O)[O-]. The normalized spacial score (nSPS) is 10.6. The van der Waals surface area contributed by atoms with Gasteiger partial charge in [0, 0.05) is 25.9 Å². The first-order valence-corrected chi connectivity index (χ1v) is 8.30. The Balaban J connectivity index is 1.75. The molecule has 0 aliphatic carbocycles. The number of nitro groups is 1. The van der Waals surface area contributed by atoms with E-state index in [1.165, 1.54) is 28.9 Å². The van der Waals surface area contributed by atoms with Crippen LogP contribution in [0.15, 0.2) is 42.6 Å². The molecule has 0 spiro atoms. The first kappa shape index (κ1) is 18.3. The summed E-state index contributed by atoms with van der Waals surface area (Å²) in [4.78, 5) is 15.1. The van der Waals surface area contributed by atoms with E-state index in [4.69, 9.17) is 4.74 Å². The van der Waals surface area contributed by atoms with Crippen molar-refractivity contribution >= 4 is 11.5 Å². The Morgan fingerprint density at radius 3 is 2.70 bits per heavy atom. The van der Waals surface area contributed by atoms with Crippen molar-refractivity contribution in [2.45, 2.75) is 19.9 Å². The predicted molar refractivity (Wildman–Crippen MR) is 97.3 cm³/mol. The van der Waals surface area contributed by atoms with Crippen LogP contribution in [0.1, 0.15) is 18.2 Å². The fourth-order valence-corrected chi connectivity index (χ4v) is 2.62. The molecule has 140 valence electrons. The number of anilines is 1. The van der Waals surface area contributed by atoms with Gasteiger partial charge < -0.3 is 10.1 Å². The minimum atomic E-state index is -0.427. The molecule has 0 unspecified atom stereocenters. The van der Waals surface area contributed by atoms with Gasteiger partial charge in [0.25, 0.3) is 0 Å². The lowest BCUT2D eigenvalue weighted by Gasteiger charge is -2.08. The number of benzene rings is 1. The first-order chi connectivity index (χ1) is 13.0. The van der Waals surface area contributed by atoms with Gasteiger partial charge in [0.2, 0.25) is 11.7 Å². The highest BCUT2D eigenvalue weighted by atomic mass is 19.1. The van der Waals surface area contributed by atoms with E-state index in [0.717, 1.165) is 5.56 Å². The Morgan fingerprint density at radius 1 is 1.30 bits per heavy atom. The third-order valence-electron chi connectivity index (χ3n) is 3.90. The summed E-state index contributed by atoms with van der Waals surface area (Å²) in [6.45, 7) is 2.15.